The van der Waals surface area contributed by atoms with E-state index in [0.29, 0.717) is 28.5 Å². The van der Waals surface area contributed by atoms with Gasteiger partial charge in [0.25, 0.3) is 0 Å². The van der Waals surface area contributed by atoms with Crippen LogP contribution in [0, 0.1) is 18.8 Å². The highest BCUT2D eigenvalue weighted by Gasteiger charge is 2.14. The Balaban J connectivity index is 1.61. The van der Waals surface area contributed by atoms with Gasteiger partial charge in [0.05, 0.1) is 18.3 Å². The fourth-order valence-electron chi connectivity index (χ4n) is 2.26. The van der Waals surface area contributed by atoms with Gasteiger partial charge in [-0.1, -0.05) is 29.4 Å². The Kier molecular flexibility index (Phi) is 5.21. The summed E-state index contributed by atoms with van der Waals surface area (Å²) in [6.07, 6.45) is 2.17. The Bertz CT molecular complexity index is 967. The van der Waals surface area contributed by atoms with Crippen molar-refractivity contribution >= 4 is 34.0 Å². The average molecular weight is 352 g/mol. The van der Waals surface area contributed by atoms with Gasteiger partial charge in [0.2, 0.25) is 0 Å². The second kappa shape index (κ2) is 7.73. The minimum absolute atomic E-state index is 0.375. The molecule has 0 bridgehead atoms. The van der Waals surface area contributed by atoms with Gasteiger partial charge in [-0.15, -0.1) is 0 Å². The van der Waals surface area contributed by atoms with E-state index in [1.165, 1.54) is 18.4 Å². The average Bonchev–Trinajstić information content (AvgIpc) is 3.01. The number of nitrogens with zero attached hydrogens (tertiary/aromatic N) is 3. The number of carbonyl (C=O) groups excluding carboxylic acids is 1. The maximum absolute atomic E-state index is 11.6. The van der Waals surface area contributed by atoms with Crippen LogP contribution < -0.4 is 5.32 Å². The van der Waals surface area contributed by atoms with E-state index in [0.717, 1.165) is 16.7 Å². The summed E-state index contributed by atoms with van der Waals surface area (Å²) in [4.78, 5) is 24.9. The van der Waals surface area contributed by atoms with E-state index in [1.54, 1.807) is 13.3 Å². The number of anilines is 1. The number of carbonyl (C=O) groups is 1. The molecule has 126 valence electrons. The highest BCUT2D eigenvalue weighted by atomic mass is 32.1. The Morgan fingerprint density at radius 3 is 3.00 bits per heavy atom. The van der Waals surface area contributed by atoms with Crippen LogP contribution in [0.15, 0.2) is 30.6 Å². The Labute approximate surface area is 149 Å². The van der Waals surface area contributed by atoms with Crippen LogP contribution in [0.4, 0.5) is 5.82 Å². The molecule has 6 nitrogen and oxygen atoms in total. The number of thiazole rings is 1. The molecule has 0 aliphatic carbocycles. The summed E-state index contributed by atoms with van der Waals surface area (Å²) in [5.41, 5.74) is 1.55. The summed E-state index contributed by atoms with van der Waals surface area (Å²) < 4.78 is 4.72. The lowest BCUT2D eigenvalue weighted by atomic mass is 10.2. The van der Waals surface area contributed by atoms with Crippen LogP contribution in [0.2, 0.25) is 0 Å². The zero-order chi connectivity index (χ0) is 17.6. The standard InChI is InChI=1S/C18H16N4O2S/c1-12-16(18(23)24-2)25-15(22-12)9-5-6-10-19-17-13-7-3-4-8-14(13)20-11-21-17/h3-4,7-8,11H,6,10H2,1-2H3,(H,19,20,21). The number of benzene rings is 1. The molecule has 0 aliphatic heterocycles. The number of hydrogen-bond donors (Lipinski definition) is 1. The number of esters is 1. The van der Waals surface area contributed by atoms with Crippen LogP contribution in [0.25, 0.3) is 10.9 Å². The number of para-hydroxylation sites is 1. The maximum Gasteiger partial charge on any atom is 0.350 e. The van der Waals surface area contributed by atoms with Crippen molar-refractivity contribution in [1.29, 1.82) is 0 Å². The van der Waals surface area contributed by atoms with E-state index in [1.807, 2.05) is 24.3 Å². The number of hydrogen-bond acceptors (Lipinski definition) is 7. The molecular formula is C18H16N4O2S. The molecule has 0 radical (unpaired) electrons. The molecule has 0 amide bonds. The van der Waals surface area contributed by atoms with Crippen LogP contribution in [0.5, 0.6) is 0 Å². The predicted molar refractivity (Wildman–Crippen MR) is 97.7 cm³/mol. The molecule has 0 aliphatic rings. The summed E-state index contributed by atoms with van der Waals surface area (Å²) in [7, 11) is 1.36. The molecule has 0 fully saturated rings. The molecule has 1 aromatic carbocycles. The third-order valence-corrected chi connectivity index (χ3v) is 4.50. The lowest BCUT2D eigenvalue weighted by molar-refractivity contribution is 0.0605. The summed E-state index contributed by atoms with van der Waals surface area (Å²) in [6, 6.07) is 7.84. The van der Waals surface area contributed by atoms with Gasteiger partial charge in [-0.3, -0.25) is 0 Å². The topological polar surface area (TPSA) is 77.0 Å². The van der Waals surface area contributed by atoms with Crippen LogP contribution >= 0.6 is 11.3 Å². The largest absolute Gasteiger partial charge is 0.465 e. The second-order valence-corrected chi connectivity index (χ2v) is 6.14. The number of ether oxygens (including phenoxy) is 1. The Hall–Kier alpha value is -2.98. The fraction of sp³-hybridized carbons (Fsp3) is 0.222. The quantitative estimate of drug-likeness (QED) is 0.442. The first-order chi connectivity index (χ1) is 12.2. The van der Waals surface area contributed by atoms with Gasteiger partial charge >= 0.3 is 5.97 Å². The molecule has 0 unspecified atom stereocenters. The minimum atomic E-state index is -0.375. The first kappa shape index (κ1) is 16.9. The van der Waals surface area contributed by atoms with Crippen molar-refractivity contribution in [2.75, 3.05) is 19.0 Å². The van der Waals surface area contributed by atoms with E-state index < -0.39 is 0 Å². The van der Waals surface area contributed by atoms with Gasteiger partial charge in [0.1, 0.15) is 17.0 Å². The number of rotatable bonds is 4. The Morgan fingerprint density at radius 1 is 1.32 bits per heavy atom. The van der Waals surface area contributed by atoms with Crippen LogP contribution in [0.3, 0.4) is 0 Å². The molecule has 0 saturated heterocycles. The van der Waals surface area contributed by atoms with Crippen LogP contribution in [-0.2, 0) is 4.74 Å². The van der Waals surface area contributed by atoms with Crippen molar-refractivity contribution in [2.45, 2.75) is 13.3 Å². The van der Waals surface area contributed by atoms with Gasteiger partial charge in [-0.2, -0.15) is 0 Å². The lowest BCUT2D eigenvalue weighted by Crippen LogP contribution is -2.03. The highest BCUT2D eigenvalue weighted by molar-refractivity contribution is 7.14. The normalized spacial score (nSPS) is 10.2. The smallest absolute Gasteiger partial charge is 0.350 e. The highest BCUT2D eigenvalue weighted by Crippen LogP contribution is 2.19. The molecule has 3 aromatic rings. The van der Waals surface area contributed by atoms with Crippen molar-refractivity contribution in [1.82, 2.24) is 15.0 Å². The third-order valence-electron chi connectivity index (χ3n) is 3.45. The van der Waals surface area contributed by atoms with Crippen molar-refractivity contribution in [3.63, 3.8) is 0 Å². The summed E-state index contributed by atoms with van der Waals surface area (Å²) in [5, 5.41) is 4.87. The predicted octanol–water partition coefficient (Wildman–Crippen LogP) is 3.04. The van der Waals surface area contributed by atoms with E-state index in [2.05, 4.69) is 32.1 Å². The lowest BCUT2D eigenvalue weighted by Gasteiger charge is -2.05. The van der Waals surface area contributed by atoms with Gasteiger partial charge in [0.15, 0.2) is 5.01 Å². The molecule has 0 atom stereocenters. The number of aryl methyl sites for hydroxylation is 1. The molecule has 0 saturated carbocycles. The first-order valence-corrected chi connectivity index (χ1v) is 8.49. The zero-order valence-electron chi connectivity index (χ0n) is 13.9. The summed E-state index contributed by atoms with van der Waals surface area (Å²) >= 11 is 1.25. The first-order valence-electron chi connectivity index (χ1n) is 7.67. The molecule has 1 N–H and O–H groups in total. The molecular weight excluding hydrogens is 336 g/mol. The summed E-state index contributed by atoms with van der Waals surface area (Å²) in [6.45, 7) is 2.43. The molecule has 2 heterocycles. The number of aromatic nitrogens is 3. The Morgan fingerprint density at radius 2 is 2.16 bits per heavy atom. The number of nitrogens with one attached hydrogen (secondary N) is 1. The SMILES string of the molecule is COC(=O)c1sc(C#CCCNc2ncnc3ccccc23)nc1C. The molecule has 2 aromatic heterocycles. The van der Waals surface area contributed by atoms with Crippen molar-refractivity contribution in [2.24, 2.45) is 0 Å². The van der Waals surface area contributed by atoms with Gasteiger partial charge in [0, 0.05) is 18.4 Å². The zero-order valence-corrected chi connectivity index (χ0v) is 14.7. The van der Waals surface area contributed by atoms with Crippen LogP contribution in [-0.4, -0.2) is 34.6 Å². The molecule has 0 spiro atoms. The molecule has 25 heavy (non-hydrogen) atoms. The van der Waals surface area contributed by atoms with Gasteiger partial charge < -0.3 is 10.1 Å². The van der Waals surface area contributed by atoms with Crippen molar-refractivity contribution in [3.8, 4) is 11.8 Å². The number of methoxy groups -OCH3 is 1. The maximum atomic E-state index is 11.6. The van der Waals surface area contributed by atoms with Crippen molar-refractivity contribution < 1.29 is 9.53 Å². The minimum Gasteiger partial charge on any atom is -0.465 e. The monoisotopic (exact) mass is 352 g/mol. The fourth-order valence-corrected chi connectivity index (χ4v) is 3.12. The third kappa shape index (κ3) is 3.92. The van der Waals surface area contributed by atoms with Crippen molar-refractivity contribution in [3.05, 3.63) is 46.2 Å². The molecule has 3 rings (SSSR count). The summed E-state index contributed by atoms with van der Waals surface area (Å²) in [5.74, 6) is 6.46. The second-order valence-electron chi connectivity index (χ2n) is 5.14. The van der Waals surface area contributed by atoms with E-state index in [9.17, 15) is 4.79 Å². The van der Waals surface area contributed by atoms with Crippen LogP contribution in [0.1, 0.15) is 26.8 Å². The van der Waals surface area contributed by atoms with E-state index >= 15 is 0 Å². The van der Waals surface area contributed by atoms with E-state index in [-0.39, 0.29) is 5.97 Å². The molecule has 7 heteroatoms. The van der Waals surface area contributed by atoms with Gasteiger partial charge in [-0.25, -0.2) is 19.7 Å². The van der Waals surface area contributed by atoms with E-state index in [4.69, 9.17) is 4.74 Å². The van der Waals surface area contributed by atoms with Gasteiger partial charge in [-0.05, 0) is 25.0 Å². The number of fused-ring (bicyclic) bond motifs is 1.